The number of thioether (sulfide) groups is 1. The first kappa shape index (κ1) is 20.1. The molecule has 148 valence electrons. The number of carbonyl (C=O) groups excluding carboxylic acids is 2. The van der Waals surface area contributed by atoms with Gasteiger partial charge in [0.1, 0.15) is 12.7 Å². The summed E-state index contributed by atoms with van der Waals surface area (Å²) >= 11 is 1.40. The molecule has 1 aliphatic rings. The fourth-order valence-electron chi connectivity index (χ4n) is 2.73. The summed E-state index contributed by atoms with van der Waals surface area (Å²) in [6.45, 7) is 4.35. The van der Waals surface area contributed by atoms with Crippen LogP contribution in [0.2, 0.25) is 0 Å². The first-order chi connectivity index (χ1) is 13.5. The number of amides is 1. The number of esters is 1. The van der Waals surface area contributed by atoms with Crippen LogP contribution in [-0.4, -0.2) is 43.5 Å². The third-order valence-corrected chi connectivity index (χ3v) is 5.28. The van der Waals surface area contributed by atoms with Crippen LogP contribution >= 0.6 is 11.8 Å². The van der Waals surface area contributed by atoms with Crippen LogP contribution < -0.4 is 14.8 Å². The van der Waals surface area contributed by atoms with Crippen molar-refractivity contribution in [3.63, 3.8) is 0 Å². The normalized spacial score (nSPS) is 15.0. The number of rotatable bonds is 7. The van der Waals surface area contributed by atoms with E-state index in [1.165, 1.54) is 17.3 Å². The van der Waals surface area contributed by atoms with Crippen LogP contribution in [-0.2, 0) is 14.3 Å². The van der Waals surface area contributed by atoms with Crippen molar-refractivity contribution >= 4 is 23.6 Å². The summed E-state index contributed by atoms with van der Waals surface area (Å²) < 4.78 is 16.4. The minimum Gasteiger partial charge on any atom is -0.486 e. The van der Waals surface area contributed by atoms with Crippen LogP contribution in [0.4, 0.5) is 0 Å². The lowest BCUT2D eigenvalue weighted by atomic mass is 10.2. The second-order valence-corrected chi connectivity index (χ2v) is 7.54. The van der Waals surface area contributed by atoms with Gasteiger partial charge in [-0.15, -0.1) is 11.8 Å². The Balaban J connectivity index is 1.34. The molecule has 0 fully saturated rings. The van der Waals surface area contributed by atoms with E-state index in [-0.39, 0.29) is 30.9 Å². The second kappa shape index (κ2) is 9.50. The highest BCUT2D eigenvalue weighted by Crippen LogP contribution is 2.30. The summed E-state index contributed by atoms with van der Waals surface area (Å²) in [4.78, 5) is 24.8. The van der Waals surface area contributed by atoms with Crippen LogP contribution in [0.3, 0.4) is 0 Å². The predicted molar refractivity (Wildman–Crippen MR) is 107 cm³/mol. The van der Waals surface area contributed by atoms with E-state index in [0.717, 1.165) is 10.5 Å². The highest BCUT2D eigenvalue weighted by Gasteiger charge is 2.21. The molecular formula is C21H23NO5S. The van der Waals surface area contributed by atoms with E-state index in [0.29, 0.717) is 18.1 Å². The zero-order valence-electron chi connectivity index (χ0n) is 15.9. The molecule has 1 aliphatic heterocycles. The third kappa shape index (κ3) is 5.66. The van der Waals surface area contributed by atoms with Gasteiger partial charge in [-0.1, -0.05) is 29.8 Å². The molecule has 28 heavy (non-hydrogen) atoms. The first-order valence-corrected chi connectivity index (χ1v) is 10.0. The molecule has 0 aliphatic carbocycles. The molecule has 6 nitrogen and oxygen atoms in total. The Kier molecular flexibility index (Phi) is 6.81. The Hall–Kier alpha value is -2.67. The molecule has 0 saturated carbocycles. The van der Waals surface area contributed by atoms with Gasteiger partial charge in [0.15, 0.2) is 18.1 Å². The van der Waals surface area contributed by atoms with Crippen LogP contribution in [0.5, 0.6) is 11.5 Å². The molecule has 2 aromatic carbocycles. The maximum atomic E-state index is 11.9. The molecule has 0 aromatic heterocycles. The van der Waals surface area contributed by atoms with Gasteiger partial charge < -0.3 is 19.5 Å². The molecule has 2 aromatic rings. The lowest BCUT2D eigenvalue weighted by Crippen LogP contribution is -2.42. The lowest BCUT2D eigenvalue weighted by Gasteiger charge is -2.26. The highest BCUT2D eigenvalue weighted by atomic mass is 32.2. The second-order valence-electron chi connectivity index (χ2n) is 6.52. The Labute approximate surface area is 168 Å². The molecule has 3 rings (SSSR count). The van der Waals surface area contributed by atoms with E-state index in [1.807, 2.05) is 50.2 Å². The van der Waals surface area contributed by atoms with Gasteiger partial charge in [0.25, 0.3) is 5.91 Å². The topological polar surface area (TPSA) is 73.9 Å². The van der Waals surface area contributed by atoms with Gasteiger partial charge in [-0.25, -0.2) is 0 Å². The van der Waals surface area contributed by atoms with E-state index >= 15 is 0 Å². The average molecular weight is 401 g/mol. The smallest absolute Gasteiger partial charge is 0.316 e. The van der Waals surface area contributed by atoms with Crippen LogP contribution in [0.25, 0.3) is 0 Å². The zero-order valence-corrected chi connectivity index (χ0v) is 16.7. The average Bonchev–Trinajstić information content (AvgIpc) is 2.70. The minimum absolute atomic E-state index is 0.160. The zero-order chi connectivity index (χ0) is 19.9. The molecular weight excluding hydrogens is 378 g/mol. The standard InChI is InChI=1S/C21H23NO5S/c1-14-7-8-19(15(2)9-14)28-13-21(24)26-12-20(23)22-10-16-11-25-17-5-3-4-6-18(17)27-16/h3-9,16H,10-13H2,1-2H3,(H,22,23)/t16-/m1/s1. The van der Waals surface area contributed by atoms with E-state index < -0.39 is 5.97 Å². The fraction of sp³-hybridized carbons (Fsp3) is 0.333. The van der Waals surface area contributed by atoms with Gasteiger partial charge in [0.2, 0.25) is 0 Å². The molecule has 1 amide bonds. The molecule has 0 spiro atoms. The van der Waals surface area contributed by atoms with E-state index in [1.54, 1.807) is 0 Å². The number of hydrogen-bond acceptors (Lipinski definition) is 6. The van der Waals surface area contributed by atoms with Crippen LogP contribution in [0, 0.1) is 13.8 Å². The number of nitrogens with one attached hydrogen (secondary N) is 1. The summed E-state index contributed by atoms with van der Waals surface area (Å²) in [7, 11) is 0. The Morgan fingerprint density at radius 1 is 1.18 bits per heavy atom. The van der Waals surface area contributed by atoms with E-state index in [2.05, 4.69) is 11.4 Å². The predicted octanol–water partition coefficient (Wildman–Crippen LogP) is 2.89. The Morgan fingerprint density at radius 3 is 2.75 bits per heavy atom. The van der Waals surface area contributed by atoms with E-state index in [4.69, 9.17) is 14.2 Å². The molecule has 0 bridgehead atoms. The number of carbonyl (C=O) groups is 2. The summed E-state index contributed by atoms with van der Waals surface area (Å²) in [6, 6.07) is 13.4. The van der Waals surface area contributed by atoms with Crippen molar-refractivity contribution in [3.05, 3.63) is 53.6 Å². The molecule has 0 saturated heterocycles. The lowest BCUT2D eigenvalue weighted by molar-refractivity contribution is -0.146. The molecule has 1 atom stereocenters. The molecule has 1 heterocycles. The maximum absolute atomic E-state index is 11.9. The SMILES string of the molecule is Cc1ccc(SCC(=O)OCC(=O)NC[C@@H]2COc3ccccc3O2)c(C)c1. The Bertz CT molecular complexity index is 854. The van der Waals surface area contributed by atoms with Crippen molar-refractivity contribution in [2.45, 2.75) is 24.8 Å². The number of ether oxygens (including phenoxy) is 3. The van der Waals surface area contributed by atoms with E-state index in [9.17, 15) is 9.59 Å². The molecule has 0 radical (unpaired) electrons. The molecule has 1 N–H and O–H groups in total. The van der Waals surface area contributed by atoms with Gasteiger partial charge in [-0.3, -0.25) is 9.59 Å². The van der Waals surface area contributed by atoms with Gasteiger partial charge in [0.05, 0.1) is 12.3 Å². The van der Waals surface area contributed by atoms with Crippen molar-refractivity contribution in [1.82, 2.24) is 5.32 Å². The summed E-state index contributed by atoms with van der Waals surface area (Å²) in [5.74, 6) is 0.717. The van der Waals surface area contributed by atoms with Crippen molar-refractivity contribution in [2.75, 3.05) is 25.5 Å². The summed E-state index contributed by atoms with van der Waals surface area (Å²) in [5.41, 5.74) is 2.30. The fourth-order valence-corrected chi connectivity index (χ4v) is 3.54. The van der Waals surface area contributed by atoms with Crippen molar-refractivity contribution in [3.8, 4) is 11.5 Å². The number of benzene rings is 2. The minimum atomic E-state index is -0.425. The summed E-state index contributed by atoms with van der Waals surface area (Å²) in [6.07, 6.45) is -0.283. The maximum Gasteiger partial charge on any atom is 0.316 e. The van der Waals surface area contributed by atoms with Gasteiger partial charge in [-0.2, -0.15) is 0 Å². The van der Waals surface area contributed by atoms with Gasteiger partial charge in [-0.05, 0) is 37.6 Å². The first-order valence-electron chi connectivity index (χ1n) is 9.02. The van der Waals surface area contributed by atoms with Crippen LogP contribution in [0.1, 0.15) is 11.1 Å². The largest absolute Gasteiger partial charge is 0.486 e. The number of hydrogen-bond donors (Lipinski definition) is 1. The summed E-state index contributed by atoms with van der Waals surface area (Å²) in [5, 5.41) is 2.70. The molecule has 7 heteroatoms. The van der Waals surface area contributed by atoms with Gasteiger partial charge >= 0.3 is 5.97 Å². The number of para-hydroxylation sites is 2. The van der Waals surface area contributed by atoms with Crippen molar-refractivity contribution in [2.24, 2.45) is 0 Å². The number of aryl methyl sites for hydroxylation is 2. The third-order valence-electron chi connectivity index (χ3n) is 4.13. The van der Waals surface area contributed by atoms with Crippen LogP contribution in [0.15, 0.2) is 47.4 Å². The van der Waals surface area contributed by atoms with Gasteiger partial charge in [0, 0.05) is 4.90 Å². The monoisotopic (exact) mass is 401 g/mol. The quantitative estimate of drug-likeness (QED) is 0.568. The number of fused-ring (bicyclic) bond motifs is 1. The van der Waals surface area contributed by atoms with Crippen molar-refractivity contribution in [1.29, 1.82) is 0 Å². The molecule has 0 unspecified atom stereocenters. The highest BCUT2D eigenvalue weighted by molar-refractivity contribution is 8.00. The van der Waals surface area contributed by atoms with Crippen molar-refractivity contribution < 1.29 is 23.8 Å². The Morgan fingerprint density at radius 2 is 1.96 bits per heavy atom.